The molecular formula is C10H18N2NaO5S. The number of amides is 2. The molecule has 3 N–H and O–H groups in total. The van der Waals surface area contributed by atoms with Crippen LogP contribution in [0.4, 0.5) is 0 Å². The molecule has 1 radical (unpaired) electrons. The molecule has 0 spiro atoms. The van der Waals surface area contributed by atoms with Crippen LogP contribution in [-0.4, -0.2) is 62.3 Å². The number of carbonyl (C=O) groups excluding carboxylic acids is 2. The van der Waals surface area contributed by atoms with Crippen LogP contribution < -0.4 is 11.1 Å². The molecule has 0 saturated heterocycles. The van der Waals surface area contributed by atoms with Gasteiger partial charge in [0.05, 0.1) is 5.75 Å². The van der Waals surface area contributed by atoms with Crippen LogP contribution >= 0.6 is 0 Å². The molecule has 0 bridgehead atoms. The van der Waals surface area contributed by atoms with Crippen molar-refractivity contribution in [2.75, 3.05) is 12.5 Å². The molecule has 0 saturated carbocycles. The molecule has 0 aromatic carbocycles. The van der Waals surface area contributed by atoms with Gasteiger partial charge in [0.25, 0.3) is 10.1 Å². The average molecular weight is 301 g/mol. The Kier molecular flexibility index (Phi) is 17.0. The maximum Gasteiger partial charge on any atom is 0.269 e. The molecule has 0 rings (SSSR count). The van der Waals surface area contributed by atoms with E-state index in [-0.39, 0.29) is 42.0 Å². The minimum atomic E-state index is -3.48. The van der Waals surface area contributed by atoms with Gasteiger partial charge in [-0.25, -0.2) is 4.18 Å². The molecule has 7 nitrogen and oxygen atoms in total. The number of nitrogens with one attached hydrogen (secondary N) is 1. The van der Waals surface area contributed by atoms with E-state index in [0.29, 0.717) is 6.42 Å². The van der Waals surface area contributed by atoms with Gasteiger partial charge in [0.1, 0.15) is 6.73 Å². The largest absolute Gasteiger partial charge is 0.366 e. The minimum absolute atomic E-state index is 0. The summed E-state index contributed by atoms with van der Waals surface area (Å²) in [4.78, 5) is 20.0. The standard InChI is InChI=1S/C7H13NO4S.C3H5NO.Na/c1-3-5-13(10,11)12-6-8-7(9)4-2;1-2-3(4)5;/h4H,2-3,5-6H2,1H3,(H,8,9);2H,1H2,(H2,4,5);. The summed E-state index contributed by atoms with van der Waals surface area (Å²) in [6, 6.07) is 0. The van der Waals surface area contributed by atoms with Gasteiger partial charge in [0, 0.05) is 29.6 Å². The predicted octanol–water partition coefficient (Wildman–Crippen LogP) is -0.721. The van der Waals surface area contributed by atoms with Gasteiger partial charge < -0.3 is 11.1 Å². The second-order valence-corrected chi connectivity index (χ2v) is 4.63. The maximum atomic E-state index is 10.9. The number of carbonyl (C=O) groups is 2. The van der Waals surface area contributed by atoms with Crippen molar-refractivity contribution >= 4 is 51.5 Å². The Labute approximate surface area is 135 Å². The van der Waals surface area contributed by atoms with Gasteiger partial charge in [-0.2, -0.15) is 8.42 Å². The van der Waals surface area contributed by atoms with E-state index in [4.69, 9.17) is 0 Å². The molecule has 0 aromatic heterocycles. The summed E-state index contributed by atoms with van der Waals surface area (Å²) in [7, 11) is -3.48. The van der Waals surface area contributed by atoms with Crippen LogP contribution in [-0.2, 0) is 23.9 Å². The van der Waals surface area contributed by atoms with Crippen molar-refractivity contribution in [2.45, 2.75) is 13.3 Å². The Morgan fingerprint density at radius 3 is 2.11 bits per heavy atom. The molecule has 0 aliphatic carbocycles. The number of nitrogens with two attached hydrogens (primary N) is 1. The molecular weight excluding hydrogens is 283 g/mol. The van der Waals surface area contributed by atoms with Gasteiger partial charge in [-0.15, -0.1) is 0 Å². The van der Waals surface area contributed by atoms with Crippen LogP contribution in [0, 0.1) is 0 Å². The summed E-state index contributed by atoms with van der Waals surface area (Å²) in [5.74, 6) is -0.992. The first-order valence-corrected chi connectivity index (χ1v) is 6.56. The monoisotopic (exact) mass is 301 g/mol. The van der Waals surface area contributed by atoms with Crippen molar-refractivity contribution in [1.82, 2.24) is 5.32 Å². The van der Waals surface area contributed by atoms with E-state index >= 15 is 0 Å². The van der Waals surface area contributed by atoms with E-state index in [0.717, 1.165) is 12.2 Å². The smallest absolute Gasteiger partial charge is 0.269 e. The predicted molar refractivity (Wildman–Crippen MR) is 73.5 cm³/mol. The summed E-state index contributed by atoms with van der Waals surface area (Å²) in [6.07, 6.45) is 2.58. The van der Waals surface area contributed by atoms with Crippen molar-refractivity contribution in [2.24, 2.45) is 5.73 Å². The normalized spacial score (nSPS) is 9.11. The van der Waals surface area contributed by atoms with Gasteiger partial charge in [-0.05, 0) is 18.6 Å². The van der Waals surface area contributed by atoms with Crippen molar-refractivity contribution in [3.05, 3.63) is 25.3 Å². The first kappa shape index (κ1) is 23.4. The van der Waals surface area contributed by atoms with E-state index in [2.05, 4.69) is 28.4 Å². The molecule has 0 aliphatic heterocycles. The molecule has 19 heavy (non-hydrogen) atoms. The molecule has 0 aliphatic rings. The Bertz CT molecular complexity index is 395. The zero-order valence-corrected chi connectivity index (χ0v) is 14.0. The quantitative estimate of drug-likeness (QED) is 0.279. The van der Waals surface area contributed by atoms with Crippen molar-refractivity contribution < 1.29 is 22.2 Å². The van der Waals surface area contributed by atoms with Crippen molar-refractivity contribution in [3.63, 3.8) is 0 Å². The van der Waals surface area contributed by atoms with Crippen molar-refractivity contribution in [1.29, 1.82) is 0 Å². The summed E-state index contributed by atoms with van der Waals surface area (Å²) in [6.45, 7) is 7.67. The fraction of sp³-hybridized carbons (Fsp3) is 0.400. The third-order valence-electron chi connectivity index (χ3n) is 1.33. The van der Waals surface area contributed by atoms with E-state index in [1.165, 1.54) is 0 Å². The summed E-state index contributed by atoms with van der Waals surface area (Å²) < 4.78 is 26.2. The van der Waals surface area contributed by atoms with Crippen LogP contribution in [0.2, 0.25) is 0 Å². The zero-order chi connectivity index (χ0) is 14.6. The first-order chi connectivity index (χ1) is 8.29. The Hall–Kier alpha value is -0.670. The van der Waals surface area contributed by atoms with Gasteiger partial charge in [-0.3, -0.25) is 9.59 Å². The zero-order valence-electron chi connectivity index (χ0n) is 11.2. The summed E-state index contributed by atoms with van der Waals surface area (Å²) in [5, 5.41) is 2.19. The Morgan fingerprint density at radius 2 is 1.79 bits per heavy atom. The molecule has 105 valence electrons. The minimum Gasteiger partial charge on any atom is -0.366 e. The molecule has 0 aromatic rings. The van der Waals surface area contributed by atoms with Gasteiger partial charge >= 0.3 is 0 Å². The van der Waals surface area contributed by atoms with E-state index in [1.807, 2.05) is 0 Å². The van der Waals surface area contributed by atoms with Gasteiger partial charge in [-0.1, -0.05) is 20.1 Å². The van der Waals surface area contributed by atoms with Gasteiger partial charge in [0.2, 0.25) is 11.8 Å². The molecule has 0 unspecified atom stereocenters. The Balaban J connectivity index is -0.000000366. The molecule has 0 heterocycles. The molecule has 0 fully saturated rings. The van der Waals surface area contributed by atoms with Crippen LogP contribution in [0.3, 0.4) is 0 Å². The van der Waals surface area contributed by atoms with Crippen LogP contribution in [0.25, 0.3) is 0 Å². The fourth-order valence-electron chi connectivity index (χ4n) is 0.571. The second kappa shape index (κ2) is 13.8. The van der Waals surface area contributed by atoms with Crippen LogP contribution in [0.15, 0.2) is 25.3 Å². The first-order valence-electron chi connectivity index (χ1n) is 4.98. The third-order valence-corrected chi connectivity index (χ3v) is 2.71. The topological polar surface area (TPSA) is 116 Å². The van der Waals surface area contributed by atoms with Gasteiger partial charge in [0.15, 0.2) is 0 Å². The molecule has 0 atom stereocenters. The fourth-order valence-corrected chi connectivity index (χ4v) is 1.43. The van der Waals surface area contributed by atoms with Crippen molar-refractivity contribution in [3.8, 4) is 0 Å². The summed E-state index contributed by atoms with van der Waals surface area (Å²) >= 11 is 0. The SMILES string of the molecule is C=CC(=O)NCOS(=O)(=O)CCC.C=CC(N)=O.[Na]. The Morgan fingerprint density at radius 1 is 1.32 bits per heavy atom. The van der Waals surface area contributed by atoms with E-state index in [9.17, 15) is 18.0 Å². The number of hydrogen-bond donors (Lipinski definition) is 2. The number of primary amides is 1. The molecule has 2 amide bonds. The average Bonchev–Trinajstić information content (AvgIpc) is 2.29. The second-order valence-electron chi connectivity index (χ2n) is 2.88. The number of hydrogen-bond acceptors (Lipinski definition) is 5. The van der Waals surface area contributed by atoms with Crippen LogP contribution in [0.5, 0.6) is 0 Å². The van der Waals surface area contributed by atoms with E-state index < -0.39 is 21.9 Å². The van der Waals surface area contributed by atoms with Crippen LogP contribution in [0.1, 0.15) is 13.3 Å². The maximum absolute atomic E-state index is 10.9. The van der Waals surface area contributed by atoms with E-state index in [1.54, 1.807) is 6.92 Å². The third kappa shape index (κ3) is 19.8. The molecule has 9 heteroatoms. The number of rotatable bonds is 7. The summed E-state index contributed by atoms with van der Waals surface area (Å²) in [5.41, 5.74) is 4.53.